The summed E-state index contributed by atoms with van der Waals surface area (Å²) < 4.78 is 33.4. The molecule has 1 heterocycles. The van der Waals surface area contributed by atoms with Gasteiger partial charge in [-0.15, -0.1) is 0 Å². The summed E-state index contributed by atoms with van der Waals surface area (Å²) >= 11 is 0. The van der Waals surface area contributed by atoms with Crippen molar-refractivity contribution < 1.29 is 22.7 Å². The summed E-state index contributed by atoms with van der Waals surface area (Å²) in [6.45, 7) is -0.0266. The van der Waals surface area contributed by atoms with Crippen LogP contribution in [0.2, 0.25) is 0 Å². The van der Waals surface area contributed by atoms with Gasteiger partial charge >= 0.3 is 0 Å². The molecule has 1 saturated heterocycles. The Morgan fingerprint density at radius 3 is 2.62 bits per heavy atom. The average Bonchev–Trinajstić information content (AvgIpc) is 3.05. The third-order valence-electron chi connectivity index (χ3n) is 5.27. The number of benzene rings is 3. The molecule has 4 rings (SSSR count). The van der Waals surface area contributed by atoms with Crippen molar-refractivity contribution >= 4 is 32.6 Å². The molecule has 162 valence electrons. The van der Waals surface area contributed by atoms with E-state index in [0.29, 0.717) is 22.3 Å². The molecule has 0 bridgehead atoms. The molecule has 0 aromatic heterocycles. The molecule has 1 fully saturated rings. The minimum Gasteiger partial charge on any atom is -0.497 e. The summed E-state index contributed by atoms with van der Waals surface area (Å²) in [5, 5.41) is 10.5. The van der Waals surface area contributed by atoms with Crippen molar-refractivity contribution in [2.75, 3.05) is 7.11 Å². The number of sulfonamides is 1. The van der Waals surface area contributed by atoms with Crippen LogP contribution >= 0.6 is 0 Å². The molecule has 0 radical (unpaired) electrons. The minimum absolute atomic E-state index is 0.0151. The van der Waals surface area contributed by atoms with Gasteiger partial charge in [0, 0.05) is 0 Å². The predicted octanol–water partition coefficient (Wildman–Crippen LogP) is 2.33. The first-order chi connectivity index (χ1) is 15.3. The van der Waals surface area contributed by atoms with Gasteiger partial charge in [-0.3, -0.25) is 14.5 Å². The van der Waals surface area contributed by atoms with Crippen molar-refractivity contribution in [2.24, 2.45) is 0 Å². The minimum atomic E-state index is -4.05. The van der Waals surface area contributed by atoms with Crippen molar-refractivity contribution in [3.8, 4) is 11.8 Å². The first kappa shape index (κ1) is 21.5. The van der Waals surface area contributed by atoms with Gasteiger partial charge in [0.25, 0.3) is 0 Å². The zero-order valence-corrected chi connectivity index (χ0v) is 17.9. The highest BCUT2D eigenvalue weighted by Gasteiger charge is 2.40. The molecular weight excluding hydrogens is 430 g/mol. The van der Waals surface area contributed by atoms with Crippen molar-refractivity contribution in [2.45, 2.75) is 23.9 Å². The summed E-state index contributed by atoms with van der Waals surface area (Å²) in [6.07, 6.45) is -0.266. The van der Waals surface area contributed by atoms with E-state index in [9.17, 15) is 18.0 Å². The number of ether oxygens (including phenoxy) is 1. The quantitative estimate of drug-likeness (QED) is 0.578. The molecule has 3 aromatic rings. The van der Waals surface area contributed by atoms with Gasteiger partial charge in [0.15, 0.2) is 0 Å². The zero-order valence-electron chi connectivity index (χ0n) is 17.1. The van der Waals surface area contributed by atoms with Crippen LogP contribution in [0.3, 0.4) is 0 Å². The van der Waals surface area contributed by atoms with Gasteiger partial charge in [0.1, 0.15) is 11.8 Å². The Hall–Kier alpha value is -3.74. The smallest absolute Gasteiger partial charge is 0.248 e. The predicted molar refractivity (Wildman–Crippen MR) is 116 cm³/mol. The van der Waals surface area contributed by atoms with Gasteiger partial charge < -0.3 is 4.74 Å². The first-order valence-electron chi connectivity index (χ1n) is 9.74. The van der Waals surface area contributed by atoms with Crippen LogP contribution in [0.15, 0.2) is 65.6 Å². The second kappa shape index (κ2) is 8.42. The SMILES string of the molecule is COc1ccc2ccc(S(=O)(=O)N[C@H]3CC(=O)N(Cc4cccc(C#N)c4)C3=O)cc2c1. The van der Waals surface area contributed by atoms with Gasteiger partial charge in [-0.05, 0) is 52.7 Å². The number of nitriles is 1. The van der Waals surface area contributed by atoms with E-state index in [-0.39, 0.29) is 17.9 Å². The molecule has 0 spiro atoms. The molecule has 0 aliphatic carbocycles. The Balaban J connectivity index is 1.54. The Bertz CT molecular complexity index is 1380. The van der Waals surface area contributed by atoms with Crippen LogP contribution in [0.1, 0.15) is 17.5 Å². The molecule has 1 N–H and O–H groups in total. The number of amides is 2. The maximum Gasteiger partial charge on any atom is 0.248 e. The summed E-state index contributed by atoms with van der Waals surface area (Å²) in [7, 11) is -2.53. The molecular formula is C23H19N3O5S. The average molecular weight is 449 g/mol. The summed E-state index contributed by atoms with van der Waals surface area (Å²) in [4.78, 5) is 26.2. The lowest BCUT2D eigenvalue weighted by Crippen LogP contribution is -2.41. The fourth-order valence-corrected chi connectivity index (χ4v) is 4.84. The third kappa shape index (κ3) is 4.19. The van der Waals surface area contributed by atoms with Crippen LogP contribution < -0.4 is 9.46 Å². The topological polar surface area (TPSA) is 117 Å². The van der Waals surface area contributed by atoms with E-state index in [1.54, 1.807) is 42.5 Å². The van der Waals surface area contributed by atoms with Crippen molar-refractivity contribution in [1.29, 1.82) is 5.26 Å². The zero-order chi connectivity index (χ0) is 22.9. The highest BCUT2D eigenvalue weighted by molar-refractivity contribution is 7.89. The molecule has 1 atom stereocenters. The van der Waals surface area contributed by atoms with Crippen LogP contribution in [0.5, 0.6) is 5.75 Å². The van der Waals surface area contributed by atoms with Crippen molar-refractivity contribution in [1.82, 2.24) is 9.62 Å². The van der Waals surface area contributed by atoms with Gasteiger partial charge in [-0.25, -0.2) is 8.42 Å². The maximum atomic E-state index is 12.9. The summed E-state index contributed by atoms with van der Waals surface area (Å²) in [6, 6.07) is 17.3. The summed E-state index contributed by atoms with van der Waals surface area (Å²) in [5.41, 5.74) is 1.02. The van der Waals surface area contributed by atoms with E-state index in [4.69, 9.17) is 10.00 Å². The second-order valence-corrected chi connectivity index (χ2v) is 9.10. The number of nitrogens with one attached hydrogen (secondary N) is 1. The molecule has 9 heteroatoms. The number of imide groups is 1. The molecule has 1 aliphatic heterocycles. The normalized spacial score (nSPS) is 16.4. The van der Waals surface area contributed by atoms with E-state index in [2.05, 4.69) is 4.72 Å². The van der Waals surface area contributed by atoms with E-state index in [1.807, 2.05) is 12.1 Å². The summed E-state index contributed by atoms with van der Waals surface area (Å²) in [5.74, 6) is -0.510. The number of hydrogen-bond donors (Lipinski definition) is 1. The highest BCUT2D eigenvalue weighted by atomic mass is 32.2. The number of carbonyl (C=O) groups excluding carboxylic acids is 2. The Morgan fingerprint density at radius 1 is 1.09 bits per heavy atom. The lowest BCUT2D eigenvalue weighted by Gasteiger charge is -2.16. The number of rotatable bonds is 6. The lowest BCUT2D eigenvalue weighted by atomic mass is 10.1. The number of hydrogen-bond acceptors (Lipinski definition) is 6. The Morgan fingerprint density at radius 2 is 1.88 bits per heavy atom. The van der Waals surface area contributed by atoms with Gasteiger partial charge in [-0.2, -0.15) is 9.98 Å². The monoisotopic (exact) mass is 449 g/mol. The molecule has 1 aliphatic rings. The van der Waals surface area contributed by atoms with Gasteiger partial charge in [0.2, 0.25) is 21.8 Å². The Labute approximate surface area is 185 Å². The lowest BCUT2D eigenvalue weighted by molar-refractivity contribution is -0.139. The van der Waals surface area contributed by atoms with Gasteiger partial charge in [0.05, 0.1) is 36.6 Å². The van der Waals surface area contributed by atoms with E-state index in [0.717, 1.165) is 10.3 Å². The van der Waals surface area contributed by atoms with E-state index < -0.39 is 27.9 Å². The molecule has 2 amide bonds. The number of likely N-dealkylation sites (tertiary alicyclic amines) is 1. The molecule has 8 nitrogen and oxygen atoms in total. The molecule has 0 unspecified atom stereocenters. The standard InChI is InChI=1S/C23H19N3O5S/c1-31-19-7-5-17-6-8-20(11-18(17)10-19)32(29,30)25-21-12-22(27)26(23(21)28)14-16-4-2-3-15(9-16)13-24/h2-11,21,25H,12,14H2,1H3/t21-/m0/s1. The van der Waals surface area contributed by atoms with Crippen LogP contribution in [-0.2, 0) is 26.2 Å². The second-order valence-electron chi connectivity index (χ2n) is 7.38. The largest absolute Gasteiger partial charge is 0.497 e. The van der Waals surface area contributed by atoms with Crippen LogP contribution in [-0.4, -0.2) is 38.3 Å². The van der Waals surface area contributed by atoms with Crippen LogP contribution in [0, 0.1) is 11.3 Å². The van der Waals surface area contributed by atoms with E-state index >= 15 is 0 Å². The first-order valence-corrected chi connectivity index (χ1v) is 11.2. The third-order valence-corrected chi connectivity index (χ3v) is 6.74. The van der Waals surface area contributed by atoms with E-state index in [1.165, 1.54) is 19.2 Å². The fourth-order valence-electron chi connectivity index (χ4n) is 3.62. The van der Waals surface area contributed by atoms with Crippen molar-refractivity contribution in [3.63, 3.8) is 0 Å². The van der Waals surface area contributed by atoms with Crippen LogP contribution in [0.4, 0.5) is 0 Å². The number of methoxy groups -OCH3 is 1. The van der Waals surface area contributed by atoms with Crippen molar-refractivity contribution in [3.05, 3.63) is 71.8 Å². The fraction of sp³-hybridized carbons (Fsp3) is 0.174. The number of carbonyl (C=O) groups is 2. The Kier molecular flexibility index (Phi) is 5.65. The maximum absolute atomic E-state index is 12.9. The molecule has 0 saturated carbocycles. The molecule has 3 aromatic carbocycles. The highest BCUT2D eigenvalue weighted by Crippen LogP contribution is 2.25. The number of fused-ring (bicyclic) bond motifs is 1. The van der Waals surface area contributed by atoms with Gasteiger partial charge in [-0.1, -0.05) is 24.3 Å². The molecule has 32 heavy (non-hydrogen) atoms. The van der Waals surface area contributed by atoms with Crippen LogP contribution in [0.25, 0.3) is 10.8 Å². The number of nitrogens with zero attached hydrogens (tertiary/aromatic N) is 2.